The molecule has 1 rings (SSSR count). The summed E-state index contributed by atoms with van der Waals surface area (Å²) < 4.78 is 1.47. The maximum Gasteiger partial charge on any atom is -0.00601 e. The third kappa shape index (κ3) is 3.42. The van der Waals surface area contributed by atoms with E-state index in [1.54, 1.807) is 5.57 Å². The molecule has 0 aromatic rings. The van der Waals surface area contributed by atoms with Gasteiger partial charge in [0, 0.05) is 0 Å². The van der Waals surface area contributed by atoms with E-state index in [2.05, 4.69) is 22.9 Å². The molecule has 0 radical (unpaired) electrons. The maximum atomic E-state index is 3.65. The van der Waals surface area contributed by atoms with Gasteiger partial charge in [-0.15, -0.1) is 0 Å². The van der Waals surface area contributed by atoms with E-state index in [0.717, 1.165) is 0 Å². The summed E-state index contributed by atoms with van der Waals surface area (Å²) >= 11 is 3.65. The Balaban J connectivity index is 2.47. The number of hydrogen-bond acceptors (Lipinski definition) is 0. The second-order valence-corrected chi connectivity index (χ2v) is 4.41. The highest BCUT2D eigenvalue weighted by molar-refractivity contribution is 9.11. The first-order valence-electron chi connectivity index (χ1n) is 4.65. The van der Waals surface area contributed by atoms with Gasteiger partial charge in [-0.25, -0.2) is 0 Å². The molecule has 1 aliphatic carbocycles. The van der Waals surface area contributed by atoms with Gasteiger partial charge in [0.2, 0.25) is 0 Å². The summed E-state index contributed by atoms with van der Waals surface area (Å²) in [6.45, 7) is 2.26. The Labute approximate surface area is 78.2 Å². The van der Waals surface area contributed by atoms with Gasteiger partial charge in [-0.1, -0.05) is 40.8 Å². The average molecular weight is 217 g/mol. The molecule has 0 aromatic carbocycles. The molecule has 1 heteroatoms. The van der Waals surface area contributed by atoms with Gasteiger partial charge in [0.05, 0.1) is 0 Å². The van der Waals surface area contributed by atoms with Crippen LogP contribution in [0.2, 0.25) is 0 Å². The van der Waals surface area contributed by atoms with Crippen molar-refractivity contribution in [3.8, 4) is 0 Å². The number of rotatable bonds is 0. The molecule has 0 fully saturated rings. The van der Waals surface area contributed by atoms with E-state index in [-0.39, 0.29) is 0 Å². The Morgan fingerprint density at radius 3 is 2.18 bits per heavy atom. The molecular formula is C10H17Br. The Morgan fingerprint density at radius 2 is 1.45 bits per heavy atom. The molecule has 0 atom stereocenters. The van der Waals surface area contributed by atoms with E-state index in [4.69, 9.17) is 0 Å². The molecule has 0 saturated carbocycles. The van der Waals surface area contributed by atoms with Crippen LogP contribution in [0.4, 0.5) is 0 Å². The van der Waals surface area contributed by atoms with E-state index in [0.29, 0.717) is 0 Å². The zero-order valence-electron chi connectivity index (χ0n) is 7.33. The summed E-state index contributed by atoms with van der Waals surface area (Å²) in [6.07, 6.45) is 9.62. The van der Waals surface area contributed by atoms with E-state index in [1.165, 1.54) is 49.4 Å². The monoisotopic (exact) mass is 216 g/mol. The lowest BCUT2D eigenvalue weighted by Gasteiger charge is -2.02. The quantitative estimate of drug-likeness (QED) is 0.564. The lowest BCUT2D eigenvalue weighted by atomic mass is 10.1. The van der Waals surface area contributed by atoms with Crippen LogP contribution in [0.25, 0.3) is 0 Å². The van der Waals surface area contributed by atoms with Crippen LogP contribution in [-0.2, 0) is 0 Å². The SMILES string of the molecule is C/C1=C(\Br)CCCCCCC1. The normalized spacial score (nSPS) is 28.9. The van der Waals surface area contributed by atoms with Gasteiger partial charge >= 0.3 is 0 Å². The van der Waals surface area contributed by atoms with Gasteiger partial charge < -0.3 is 0 Å². The third-order valence-corrected chi connectivity index (χ3v) is 3.48. The van der Waals surface area contributed by atoms with Crippen LogP contribution in [-0.4, -0.2) is 0 Å². The minimum atomic E-state index is 1.27. The minimum Gasteiger partial charge on any atom is -0.0632 e. The molecule has 0 heterocycles. The summed E-state index contributed by atoms with van der Waals surface area (Å²) in [5.74, 6) is 0. The lowest BCUT2D eigenvalue weighted by molar-refractivity contribution is 0.629. The zero-order chi connectivity index (χ0) is 8.10. The highest BCUT2D eigenvalue weighted by atomic mass is 79.9. The van der Waals surface area contributed by atoms with Crippen LogP contribution in [0.3, 0.4) is 0 Å². The number of allylic oxidation sites excluding steroid dienone is 2. The summed E-state index contributed by atoms with van der Waals surface area (Å²) in [7, 11) is 0. The van der Waals surface area contributed by atoms with Crippen molar-refractivity contribution in [1.82, 2.24) is 0 Å². The molecule has 0 saturated heterocycles. The molecule has 0 aromatic heterocycles. The molecule has 11 heavy (non-hydrogen) atoms. The largest absolute Gasteiger partial charge is 0.0632 e. The maximum absolute atomic E-state index is 3.65. The van der Waals surface area contributed by atoms with E-state index in [9.17, 15) is 0 Å². The van der Waals surface area contributed by atoms with Gasteiger partial charge in [-0.2, -0.15) is 0 Å². The fourth-order valence-electron chi connectivity index (χ4n) is 1.55. The van der Waals surface area contributed by atoms with Crippen LogP contribution < -0.4 is 0 Å². The molecule has 0 N–H and O–H groups in total. The predicted molar refractivity (Wildman–Crippen MR) is 53.9 cm³/mol. The molecule has 0 bridgehead atoms. The molecule has 0 unspecified atom stereocenters. The van der Waals surface area contributed by atoms with Gasteiger partial charge in [-0.3, -0.25) is 0 Å². The van der Waals surface area contributed by atoms with Crippen molar-refractivity contribution >= 4 is 15.9 Å². The van der Waals surface area contributed by atoms with Crippen LogP contribution in [0.5, 0.6) is 0 Å². The van der Waals surface area contributed by atoms with Crippen LogP contribution in [0.15, 0.2) is 10.1 Å². The fraction of sp³-hybridized carbons (Fsp3) is 0.800. The molecule has 1 aliphatic rings. The number of halogens is 1. The zero-order valence-corrected chi connectivity index (χ0v) is 8.91. The molecule has 0 amide bonds. The first-order valence-corrected chi connectivity index (χ1v) is 5.44. The second-order valence-electron chi connectivity index (χ2n) is 3.45. The van der Waals surface area contributed by atoms with Crippen molar-refractivity contribution in [2.45, 2.75) is 51.9 Å². The molecular weight excluding hydrogens is 200 g/mol. The predicted octanol–water partition coefficient (Wildman–Crippen LogP) is 4.40. The second kappa shape index (κ2) is 4.97. The molecule has 0 spiro atoms. The van der Waals surface area contributed by atoms with Crippen molar-refractivity contribution in [2.75, 3.05) is 0 Å². The lowest BCUT2D eigenvalue weighted by Crippen LogP contribution is -1.80. The summed E-state index contributed by atoms with van der Waals surface area (Å²) in [5.41, 5.74) is 1.58. The Bertz CT molecular complexity index is 131. The third-order valence-electron chi connectivity index (χ3n) is 2.41. The summed E-state index contributed by atoms with van der Waals surface area (Å²) in [6, 6.07) is 0. The molecule has 64 valence electrons. The van der Waals surface area contributed by atoms with Gasteiger partial charge in [0.25, 0.3) is 0 Å². The van der Waals surface area contributed by atoms with E-state index >= 15 is 0 Å². The van der Waals surface area contributed by atoms with Crippen molar-refractivity contribution in [1.29, 1.82) is 0 Å². The topological polar surface area (TPSA) is 0 Å². The average Bonchev–Trinajstić information content (AvgIpc) is 2.07. The van der Waals surface area contributed by atoms with Crippen molar-refractivity contribution in [3.63, 3.8) is 0 Å². The highest BCUT2D eigenvalue weighted by Gasteiger charge is 2.02. The molecule has 0 aliphatic heterocycles. The fourth-order valence-corrected chi connectivity index (χ4v) is 2.03. The highest BCUT2D eigenvalue weighted by Crippen LogP contribution is 2.25. The van der Waals surface area contributed by atoms with Crippen molar-refractivity contribution < 1.29 is 0 Å². The Hall–Kier alpha value is 0.220. The van der Waals surface area contributed by atoms with Gasteiger partial charge in [0.1, 0.15) is 0 Å². The Kier molecular flexibility index (Phi) is 4.21. The standard InChI is InChI=1S/C10H17Br/c1-9-7-5-3-2-4-6-8-10(9)11/h2-8H2,1H3/b10-9+. The van der Waals surface area contributed by atoms with Crippen molar-refractivity contribution in [3.05, 3.63) is 10.1 Å². The van der Waals surface area contributed by atoms with Gasteiger partial charge in [0.15, 0.2) is 0 Å². The first kappa shape index (κ1) is 9.31. The number of hydrogen-bond donors (Lipinski definition) is 0. The van der Waals surface area contributed by atoms with E-state index < -0.39 is 0 Å². The van der Waals surface area contributed by atoms with Crippen LogP contribution in [0.1, 0.15) is 51.9 Å². The molecule has 0 nitrogen and oxygen atoms in total. The van der Waals surface area contributed by atoms with Crippen LogP contribution in [0, 0.1) is 0 Å². The van der Waals surface area contributed by atoms with Gasteiger partial charge in [-0.05, 0) is 37.1 Å². The van der Waals surface area contributed by atoms with Crippen LogP contribution >= 0.6 is 15.9 Å². The summed E-state index contributed by atoms with van der Waals surface area (Å²) in [4.78, 5) is 0. The summed E-state index contributed by atoms with van der Waals surface area (Å²) in [5, 5.41) is 0. The van der Waals surface area contributed by atoms with Crippen molar-refractivity contribution in [2.24, 2.45) is 0 Å². The first-order chi connectivity index (χ1) is 5.30. The Morgan fingerprint density at radius 1 is 0.909 bits per heavy atom. The van der Waals surface area contributed by atoms with E-state index in [1.807, 2.05) is 0 Å². The smallest absolute Gasteiger partial charge is 0.00601 e. The minimum absolute atomic E-state index is 1.27.